The van der Waals surface area contributed by atoms with Crippen molar-refractivity contribution >= 4 is 5.91 Å². The summed E-state index contributed by atoms with van der Waals surface area (Å²) in [6.07, 6.45) is 4.20. The first-order valence-electron chi connectivity index (χ1n) is 5.62. The molecule has 0 spiro atoms. The normalized spacial score (nSPS) is 15.6. The third-order valence-electron chi connectivity index (χ3n) is 2.96. The van der Waals surface area contributed by atoms with E-state index in [1.165, 1.54) is 5.56 Å². The summed E-state index contributed by atoms with van der Waals surface area (Å²) in [6.45, 7) is 4.55. The molecule has 1 aromatic rings. The predicted octanol–water partition coefficient (Wildman–Crippen LogP) is 0.616. The minimum atomic E-state index is 0.134. The number of pyridine rings is 1. The fourth-order valence-electron chi connectivity index (χ4n) is 1.70. The van der Waals surface area contributed by atoms with Gasteiger partial charge < -0.3 is 10.6 Å². The highest BCUT2D eigenvalue weighted by molar-refractivity contribution is 5.76. The van der Waals surface area contributed by atoms with Gasteiger partial charge in [0.1, 0.15) is 0 Å². The largest absolute Gasteiger partial charge is 0.352 e. The minimum absolute atomic E-state index is 0.134. The van der Waals surface area contributed by atoms with Crippen molar-refractivity contribution in [1.29, 1.82) is 0 Å². The molecule has 0 atom stereocenters. The number of aromatic nitrogens is 1. The van der Waals surface area contributed by atoms with Gasteiger partial charge in [0.2, 0.25) is 5.91 Å². The van der Waals surface area contributed by atoms with Gasteiger partial charge >= 0.3 is 0 Å². The Balaban J connectivity index is 1.78. The molecule has 16 heavy (non-hydrogen) atoms. The van der Waals surface area contributed by atoms with Gasteiger partial charge in [-0.05, 0) is 43.1 Å². The monoisotopic (exact) mass is 219 g/mol. The highest BCUT2D eigenvalue weighted by Gasteiger charge is 2.19. The Morgan fingerprint density at radius 2 is 2.44 bits per heavy atom. The molecule has 2 N–H and O–H groups in total. The molecule has 0 saturated carbocycles. The molecule has 2 rings (SSSR count). The average Bonchev–Trinajstić information content (AvgIpc) is 2.22. The van der Waals surface area contributed by atoms with Gasteiger partial charge in [0.15, 0.2) is 0 Å². The van der Waals surface area contributed by atoms with E-state index >= 15 is 0 Å². The third kappa shape index (κ3) is 2.79. The maximum atomic E-state index is 11.6. The number of carbonyl (C=O) groups excluding carboxylic acids is 1. The van der Waals surface area contributed by atoms with Crippen LogP contribution in [0.1, 0.15) is 17.5 Å². The van der Waals surface area contributed by atoms with E-state index in [1.807, 2.05) is 13.0 Å². The Labute approximate surface area is 95.5 Å². The van der Waals surface area contributed by atoms with Crippen LogP contribution < -0.4 is 10.6 Å². The van der Waals surface area contributed by atoms with Crippen molar-refractivity contribution in [3.8, 4) is 0 Å². The fraction of sp³-hybridized carbons (Fsp3) is 0.500. The number of amides is 1. The molecule has 1 fully saturated rings. The third-order valence-corrected chi connectivity index (χ3v) is 2.96. The van der Waals surface area contributed by atoms with Gasteiger partial charge in [0.25, 0.3) is 0 Å². The molecule has 0 unspecified atom stereocenters. The molecule has 0 bridgehead atoms. The minimum Gasteiger partial charge on any atom is -0.352 e. The van der Waals surface area contributed by atoms with Crippen LogP contribution in [0, 0.1) is 12.8 Å². The second-order valence-electron chi connectivity index (χ2n) is 4.31. The van der Waals surface area contributed by atoms with Crippen molar-refractivity contribution in [2.45, 2.75) is 19.9 Å². The van der Waals surface area contributed by atoms with Gasteiger partial charge in [-0.3, -0.25) is 9.78 Å². The molecular weight excluding hydrogens is 202 g/mol. The second kappa shape index (κ2) is 5.07. The number of rotatable bonds is 4. The molecule has 1 aliphatic heterocycles. The van der Waals surface area contributed by atoms with Crippen LogP contribution >= 0.6 is 0 Å². The summed E-state index contributed by atoms with van der Waals surface area (Å²) in [5, 5.41) is 6.09. The van der Waals surface area contributed by atoms with E-state index in [4.69, 9.17) is 0 Å². The van der Waals surface area contributed by atoms with Crippen molar-refractivity contribution in [3.63, 3.8) is 0 Å². The maximum Gasteiger partial charge on any atom is 0.220 e. The lowest BCUT2D eigenvalue weighted by Gasteiger charge is -2.26. The fourth-order valence-corrected chi connectivity index (χ4v) is 1.70. The van der Waals surface area contributed by atoms with E-state index in [-0.39, 0.29) is 5.91 Å². The molecule has 1 saturated heterocycles. The molecule has 1 aromatic heterocycles. The lowest BCUT2D eigenvalue weighted by atomic mass is 9.99. The molecular formula is C12H17N3O. The van der Waals surface area contributed by atoms with Crippen LogP contribution in [-0.4, -0.2) is 24.0 Å². The summed E-state index contributed by atoms with van der Waals surface area (Å²) in [7, 11) is 0. The molecule has 4 nitrogen and oxygen atoms in total. The van der Waals surface area contributed by atoms with Crippen LogP contribution in [0.5, 0.6) is 0 Å². The number of carbonyl (C=O) groups is 1. The average molecular weight is 219 g/mol. The summed E-state index contributed by atoms with van der Waals surface area (Å²) in [6, 6.07) is 1.96. The number of aryl methyl sites for hydroxylation is 1. The van der Waals surface area contributed by atoms with Gasteiger partial charge in [-0.1, -0.05) is 0 Å². The molecule has 1 amide bonds. The van der Waals surface area contributed by atoms with Gasteiger partial charge in [-0.2, -0.15) is 0 Å². The van der Waals surface area contributed by atoms with Crippen molar-refractivity contribution in [2.75, 3.05) is 13.1 Å². The van der Waals surface area contributed by atoms with E-state index < -0.39 is 0 Å². The van der Waals surface area contributed by atoms with Crippen LogP contribution in [0.2, 0.25) is 0 Å². The highest BCUT2D eigenvalue weighted by Crippen LogP contribution is 2.08. The van der Waals surface area contributed by atoms with E-state index in [2.05, 4.69) is 15.6 Å². The zero-order valence-electron chi connectivity index (χ0n) is 9.49. The molecule has 4 heteroatoms. The number of nitrogens with zero attached hydrogens (tertiary/aromatic N) is 1. The molecule has 1 aliphatic rings. The zero-order chi connectivity index (χ0) is 11.4. The molecule has 0 radical (unpaired) electrons. The smallest absolute Gasteiger partial charge is 0.220 e. The van der Waals surface area contributed by atoms with Crippen LogP contribution in [0.4, 0.5) is 0 Å². The van der Waals surface area contributed by atoms with E-state index in [0.717, 1.165) is 18.7 Å². The van der Waals surface area contributed by atoms with E-state index in [0.29, 0.717) is 18.9 Å². The standard InChI is InChI=1S/C12H17N3O/c1-9-2-3-13-7-11(9)8-15-12(16)4-10-5-14-6-10/h2-3,7,10,14H,4-6,8H2,1H3,(H,15,16). The number of hydrogen-bond donors (Lipinski definition) is 2. The van der Waals surface area contributed by atoms with E-state index in [1.54, 1.807) is 12.4 Å². The lowest BCUT2D eigenvalue weighted by Crippen LogP contribution is -2.44. The Hall–Kier alpha value is -1.42. The highest BCUT2D eigenvalue weighted by atomic mass is 16.1. The Kier molecular flexibility index (Phi) is 3.51. The van der Waals surface area contributed by atoms with Crippen LogP contribution in [-0.2, 0) is 11.3 Å². The molecule has 86 valence electrons. The summed E-state index contributed by atoms with van der Waals surface area (Å²) in [5.41, 5.74) is 2.25. The molecule has 2 heterocycles. The summed E-state index contributed by atoms with van der Waals surface area (Å²) < 4.78 is 0. The first-order valence-corrected chi connectivity index (χ1v) is 5.62. The van der Waals surface area contributed by atoms with Crippen LogP contribution in [0.3, 0.4) is 0 Å². The number of hydrogen-bond acceptors (Lipinski definition) is 3. The van der Waals surface area contributed by atoms with Crippen LogP contribution in [0.15, 0.2) is 18.5 Å². The van der Waals surface area contributed by atoms with Gasteiger partial charge in [0, 0.05) is 25.4 Å². The summed E-state index contributed by atoms with van der Waals surface area (Å²) >= 11 is 0. The predicted molar refractivity (Wildman–Crippen MR) is 61.8 cm³/mol. The zero-order valence-corrected chi connectivity index (χ0v) is 9.49. The topological polar surface area (TPSA) is 54.0 Å². The van der Waals surface area contributed by atoms with Crippen molar-refractivity contribution < 1.29 is 4.79 Å². The Morgan fingerprint density at radius 1 is 1.62 bits per heavy atom. The molecule has 0 aromatic carbocycles. The first-order chi connectivity index (χ1) is 7.75. The second-order valence-corrected chi connectivity index (χ2v) is 4.31. The summed E-state index contributed by atoms with van der Waals surface area (Å²) in [5.74, 6) is 0.657. The van der Waals surface area contributed by atoms with Crippen LogP contribution in [0.25, 0.3) is 0 Å². The lowest BCUT2D eigenvalue weighted by molar-refractivity contribution is -0.122. The SMILES string of the molecule is Cc1ccncc1CNC(=O)CC1CNC1. The van der Waals surface area contributed by atoms with Crippen molar-refractivity contribution in [1.82, 2.24) is 15.6 Å². The quantitative estimate of drug-likeness (QED) is 0.780. The Morgan fingerprint density at radius 3 is 3.06 bits per heavy atom. The van der Waals surface area contributed by atoms with Gasteiger partial charge in [-0.15, -0.1) is 0 Å². The molecule has 0 aliphatic carbocycles. The first kappa shape index (κ1) is 11.1. The van der Waals surface area contributed by atoms with Gasteiger partial charge in [0.05, 0.1) is 0 Å². The van der Waals surface area contributed by atoms with E-state index in [9.17, 15) is 4.79 Å². The van der Waals surface area contributed by atoms with Gasteiger partial charge in [-0.25, -0.2) is 0 Å². The Bertz CT molecular complexity index is 374. The van der Waals surface area contributed by atoms with Crippen molar-refractivity contribution in [2.24, 2.45) is 5.92 Å². The van der Waals surface area contributed by atoms with Crippen molar-refractivity contribution in [3.05, 3.63) is 29.6 Å². The maximum absolute atomic E-state index is 11.6. The summed E-state index contributed by atoms with van der Waals surface area (Å²) in [4.78, 5) is 15.6. The number of nitrogens with one attached hydrogen (secondary N) is 2.